The quantitative estimate of drug-likeness (QED) is 0.657. The highest BCUT2D eigenvalue weighted by Crippen LogP contribution is 2.29. The van der Waals surface area contributed by atoms with Gasteiger partial charge in [-0.25, -0.2) is 4.39 Å². The molecule has 0 aliphatic carbocycles. The van der Waals surface area contributed by atoms with E-state index in [4.69, 9.17) is 0 Å². The number of nitrogens with zero attached hydrogens (tertiary/aromatic N) is 1. The Hall–Kier alpha value is -1.25. The van der Waals surface area contributed by atoms with Crippen molar-refractivity contribution in [2.24, 2.45) is 0 Å². The van der Waals surface area contributed by atoms with Gasteiger partial charge in [-0.15, -0.1) is 0 Å². The number of hydrogen-bond acceptors (Lipinski definition) is 2. The predicted molar refractivity (Wildman–Crippen MR) is 52.8 cm³/mol. The van der Waals surface area contributed by atoms with E-state index in [0.717, 1.165) is 17.9 Å². The second kappa shape index (κ2) is 2.91. The molecule has 0 unspecified atom stereocenters. The van der Waals surface area contributed by atoms with Crippen molar-refractivity contribution in [1.82, 2.24) is 0 Å². The molecule has 0 amide bonds. The molecule has 1 aromatic rings. The lowest BCUT2D eigenvalue weighted by Crippen LogP contribution is -2.37. The Bertz CT molecular complexity index is 325. The van der Waals surface area contributed by atoms with Gasteiger partial charge in [-0.3, -0.25) is 0 Å². The molecular formula is C10H13FN2. The van der Waals surface area contributed by atoms with Crippen LogP contribution in [-0.4, -0.2) is 19.6 Å². The third kappa shape index (κ3) is 1.46. The van der Waals surface area contributed by atoms with Crippen molar-refractivity contribution in [2.45, 2.75) is 13.0 Å². The van der Waals surface area contributed by atoms with Crippen LogP contribution >= 0.6 is 0 Å². The summed E-state index contributed by atoms with van der Waals surface area (Å²) in [6.07, 6.45) is 0. The maximum Gasteiger partial charge on any atom is 0.125 e. The van der Waals surface area contributed by atoms with Crippen molar-refractivity contribution in [3.63, 3.8) is 0 Å². The number of halogens is 1. The zero-order valence-corrected chi connectivity index (χ0v) is 7.84. The Balaban J connectivity index is 2.43. The zero-order chi connectivity index (χ0) is 9.42. The van der Waals surface area contributed by atoms with Crippen molar-refractivity contribution >= 4 is 11.4 Å². The van der Waals surface area contributed by atoms with Crippen LogP contribution in [-0.2, 0) is 0 Å². The van der Waals surface area contributed by atoms with Gasteiger partial charge in [-0.05, 0) is 25.1 Å². The fourth-order valence-electron chi connectivity index (χ4n) is 1.76. The summed E-state index contributed by atoms with van der Waals surface area (Å²) in [4.78, 5) is 2.07. The number of nitrogens with one attached hydrogen (secondary N) is 1. The molecule has 0 radical (unpaired) electrons. The zero-order valence-electron chi connectivity index (χ0n) is 7.84. The van der Waals surface area contributed by atoms with Crippen molar-refractivity contribution < 1.29 is 4.39 Å². The standard InChI is InChI=1S/C10H13FN2/c1-7-6-13(2)10-5-8(11)3-4-9(10)12-7/h3-5,7,12H,6H2,1-2H3/t7-/m0/s1. The van der Waals surface area contributed by atoms with E-state index in [1.165, 1.54) is 6.07 Å². The van der Waals surface area contributed by atoms with Gasteiger partial charge in [0.15, 0.2) is 0 Å². The van der Waals surface area contributed by atoms with Crippen LogP contribution in [0.25, 0.3) is 0 Å². The Kier molecular flexibility index (Phi) is 1.87. The molecule has 70 valence electrons. The molecule has 1 aromatic carbocycles. The van der Waals surface area contributed by atoms with E-state index in [2.05, 4.69) is 17.1 Å². The molecule has 1 atom stereocenters. The van der Waals surface area contributed by atoms with Gasteiger partial charge in [0, 0.05) is 19.6 Å². The number of fused-ring (bicyclic) bond motifs is 1. The highest BCUT2D eigenvalue weighted by molar-refractivity contribution is 5.72. The second-order valence-electron chi connectivity index (χ2n) is 3.59. The van der Waals surface area contributed by atoms with E-state index in [-0.39, 0.29) is 5.82 Å². The maximum atomic E-state index is 12.9. The van der Waals surface area contributed by atoms with Gasteiger partial charge in [0.1, 0.15) is 5.82 Å². The lowest BCUT2D eigenvalue weighted by molar-refractivity contribution is 0.625. The highest BCUT2D eigenvalue weighted by Gasteiger charge is 2.17. The minimum Gasteiger partial charge on any atom is -0.379 e. The van der Waals surface area contributed by atoms with Gasteiger partial charge in [0.2, 0.25) is 0 Å². The van der Waals surface area contributed by atoms with E-state index >= 15 is 0 Å². The van der Waals surface area contributed by atoms with Crippen molar-refractivity contribution in [2.75, 3.05) is 23.8 Å². The summed E-state index contributed by atoms with van der Waals surface area (Å²) in [5.74, 6) is -0.179. The normalized spacial score (nSPS) is 20.8. The maximum absolute atomic E-state index is 12.9. The van der Waals surface area contributed by atoms with Crippen LogP contribution in [0.3, 0.4) is 0 Å². The first-order valence-corrected chi connectivity index (χ1v) is 4.44. The molecule has 0 saturated carbocycles. The Morgan fingerprint density at radius 3 is 3.08 bits per heavy atom. The van der Waals surface area contributed by atoms with Crippen molar-refractivity contribution in [1.29, 1.82) is 0 Å². The molecular weight excluding hydrogens is 167 g/mol. The summed E-state index contributed by atoms with van der Waals surface area (Å²) in [7, 11) is 1.98. The van der Waals surface area contributed by atoms with Crippen LogP contribution in [0.5, 0.6) is 0 Å². The second-order valence-corrected chi connectivity index (χ2v) is 3.59. The van der Waals surface area contributed by atoms with Gasteiger partial charge in [-0.2, -0.15) is 0 Å². The molecule has 0 spiro atoms. The minimum atomic E-state index is -0.179. The predicted octanol–water partition coefficient (Wildman–Crippen LogP) is 2.08. The molecule has 1 aliphatic heterocycles. The first kappa shape index (κ1) is 8.35. The molecule has 2 nitrogen and oxygen atoms in total. The largest absolute Gasteiger partial charge is 0.379 e. The summed E-state index contributed by atoms with van der Waals surface area (Å²) in [5.41, 5.74) is 1.96. The number of hydrogen-bond donors (Lipinski definition) is 1. The molecule has 1 heterocycles. The number of anilines is 2. The van der Waals surface area contributed by atoms with Crippen LogP contribution in [0, 0.1) is 5.82 Å². The summed E-state index contributed by atoms with van der Waals surface area (Å²) >= 11 is 0. The lowest BCUT2D eigenvalue weighted by Gasteiger charge is -2.33. The first-order valence-electron chi connectivity index (χ1n) is 4.44. The number of likely N-dealkylation sites (N-methyl/N-ethyl adjacent to an activating group) is 1. The molecule has 0 saturated heterocycles. The first-order chi connectivity index (χ1) is 6.16. The van der Waals surface area contributed by atoms with Crippen LogP contribution in [0.2, 0.25) is 0 Å². The Morgan fingerprint density at radius 1 is 1.54 bits per heavy atom. The lowest BCUT2D eigenvalue weighted by atomic mass is 10.1. The van der Waals surface area contributed by atoms with Gasteiger partial charge in [0.25, 0.3) is 0 Å². The van der Waals surface area contributed by atoms with Crippen LogP contribution in [0.15, 0.2) is 18.2 Å². The fourth-order valence-corrected chi connectivity index (χ4v) is 1.76. The van der Waals surface area contributed by atoms with Gasteiger partial charge >= 0.3 is 0 Å². The average molecular weight is 180 g/mol. The highest BCUT2D eigenvalue weighted by atomic mass is 19.1. The molecule has 13 heavy (non-hydrogen) atoms. The molecule has 0 bridgehead atoms. The molecule has 2 rings (SSSR count). The summed E-state index contributed by atoms with van der Waals surface area (Å²) in [6.45, 7) is 3.03. The molecule has 1 N–H and O–H groups in total. The van der Waals surface area contributed by atoms with Crippen LogP contribution in [0.1, 0.15) is 6.92 Å². The number of rotatable bonds is 0. The van der Waals surface area contributed by atoms with E-state index in [9.17, 15) is 4.39 Å². The van der Waals surface area contributed by atoms with Crippen molar-refractivity contribution in [3.05, 3.63) is 24.0 Å². The van der Waals surface area contributed by atoms with Gasteiger partial charge < -0.3 is 10.2 Å². The monoisotopic (exact) mass is 180 g/mol. The smallest absolute Gasteiger partial charge is 0.125 e. The Labute approximate surface area is 77.4 Å². The molecule has 0 aromatic heterocycles. The molecule has 3 heteroatoms. The van der Waals surface area contributed by atoms with Crippen LogP contribution in [0.4, 0.5) is 15.8 Å². The SMILES string of the molecule is C[C@H]1CN(C)c2cc(F)ccc2N1. The molecule has 0 fully saturated rings. The van der Waals surface area contributed by atoms with E-state index in [1.54, 1.807) is 12.1 Å². The van der Waals surface area contributed by atoms with E-state index < -0.39 is 0 Å². The minimum absolute atomic E-state index is 0.179. The topological polar surface area (TPSA) is 15.3 Å². The molecule has 1 aliphatic rings. The van der Waals surface area contributed by atoms with E-state index in [0.29, 0.717) is 6.04 Å². The Morgan fingerprint density at radius 2 is 2.31 bits per heavy atom. The van der Waals surface area contributed by atoms with E-state index in [1.807, 2.05) is 7.05 Å². The van der Waals surface area contributed by atoms with Gasteiger partial charge in [-0.1, -0.05) is 0 Å². The third-order valence-electron chi connectivity index (χ3n) is 2.32. The fraction of sp³-hybridized carbons (Fsp3) is 0.400. The van der Waals surface area contributed by atoms with Crippen molar-refractivity contribution in [3.8, 4) is 0 Å². The summed E-state index contributed by atoms with van der Waals surface area (Å²) < 4.78 is 12.9. The number of benzene rings is 1. The van der Waals surface area contributed by atoms with Crippen LogP contribution < -0.4 is 10.2 Å². The average Bonchev–Trinajstić information content (AvgIpc) is 2.06. The third-order valence-corrected chi connectivity index (χ3v) is 2.32. The summed E-state index contributed by atoms with van der Waals surface area (Å²) in [5, 5.41) is 3.31. The van der Waals surface area contributed by atoms with Gasteiger partial charge in [0.05, 0.1) is 11.4 Å². The summed E-state index contributed by atoms with van der Waals surface area (Å²) in [6, 6.07) is 5.26.